The Balaban J connectivity index is 2.07. The van der Waals surface area contributed by atoms with E-state index in [1.807, 2.05) is 31.4 Å². The van der Waals surface area contributed by atoms with Crippen LogP contribution in [0.15, 0.2) is 60.8 Å². The van der Waals surface area contributed by atoms with Crippen molar-refractivity contribution in [1.82, 2.24) is 10.3 Å². The summed E-state index contributed by atoms with van der Waals surface area (Å²) in [5.41, 5.74) is 3.48. The van der Waals surface area contributed by atoms with Crippen molar-refractivity contribution in [3.8, 4) is 0 Å². The lowest BCUT2D eigenvalue weighted by molar-refractivity contribution is 0.690. The minimum Gasteiger partial charge on any atom is -0.309 e. The molecule has 1 heterocycles. The Bertz CT molecular complexity index is 740. The maximum atomic E-state index is 4.56. The second-order valence-corrected chi connectivity index (χ2v) is 5.98. The number of halogens is 1. The van der Waals surface area contributed by atoms with Crippen LogP contribution in [0.25, 0.3) is 10.9 Å². The molecule has 0 saturated heterocycles. The van der Waals surface area contributed by atoms with E-state index in [0.29, 0.717) is 0 Å². The maximum Gasteiger partial charge on any atom is 0.0702 e. The molecule has 1 N–H and O–H groups in total. The van der Waals surface area contributed by atoms with Crippen molar-refractivity contribution in [1.29, 1.82) is 0 Å². The topological polar surface area (TPSA) is 24.9 Å². The number of benzene rings is 2. The molecule has 0 aliphatic rings. The SMILES string of the molecule is CNC(c1cccc(I)c1)c1cnc2ccccc2c1. The zero-order valence-electron chi connectivity index (χ0n) is 11.2. The van der Waals surface area contributed by atoms with E-state index in [0.717, 1.165) is 5.52 Å². The van der Waals surface area contributed by atoms with Gasteiger partial charge in [0.2, 0.25) is 0 Å². The van der Waals surface area contributed by atoms with Gasteiger partial charge in [-0.05, 0) is 65.0 Å². The lowest BCUT2D eigenvalue weighted by Crippen LogP contribution is -2.17. The normalized spacial score (nSPS) is 12.5. The Morgan fingerprint density at radius 1 is 1.00 bits per heavy atom. The van der Waals surface area contributed by atoms with Crippen molar-refractivity contribution in [2.24, 2.45) is 0 Å². The van der Waals surface area contributed by atoms with E-state index < -0.39 is 0 Å². The Morgan fingerprint density at radius 2 is 1.85 bits per heavy atom. The van der Waals surface area contributed by atoms with Crippen molar-refractivity contribution in [3.63, 3.8) is 0 Å². The molecule has 0 spiro atoms. The van der Waals surface area contributed by atoms with Gasteiger partial charge in [0.25, 0.3) is 0 Å². The minimum absolute atomic E-state index is 0.168. The first-order chi connectivity index (χ1) is 9.78. The number of hydrogen-bond donors (Lipinski definition) is 1. The van der Waals surface area contributed by atoms with Crippen LogP contribution >= 0.6 is 22.6 Å². The number of nitrogens with zero attached hydrogens (tertiary/aromatic N) is 1. The Hall–Kier alpha value is -1.46. The zero-order valence-corrected chi connectivity index (χ0v) is 13.3. The van der Waals surface area contributed by atoms with Crippen LogP contribution < -0.4 is 5.32 Å². The number of rotatable bonds is 3. The molecule has 3 heteroatoms. The summed E-state index contributed by atoms with van der Waals surface area (Å²) < 4.78 is 1.24. The number of aromatic nitrogens is 1. The second kappa shape index (κ2) is 5.89. The summed E-state index contributed by atoms with van der Waals surface area (Å²) in [7, 11) is 1.99. The summed E-state index contributed by atoms with van der Waals surface area (Å²) >= 11 is 2.35. The van der Waals surface area contributed by atoms with Gasteiger partial charge in [-0.25, -0.2) is 0 Å². The zero-order chi connectivity index (χ0) is 13.9. The highest BCUT2D eigenvalue weighted by molar-refractivity contribution is 14.1. The average Bonchev–Trinajstić information content (AvgIpc) is 2.48. The van der Waals surface area contributed by atoms with E-state index in [2.05, 4.69) is 69.3 Å². The monoisotopic (exact) mass is 374 g/mol. The first-order valence-electron chi connectivity index (χ1n) is 6.55. The molecule has 0 aliphatic heterocycles. The molecule has 0 radical (unpaired) electrons. The molecule has 1 aromatic heterocycles. The van der Waals surface area contributed by atoms with Crippen LogP contribution in [0.3, 0.4) is 0 Å². The average molecular weight is 374 g/mol. The third-order valence-electron chi connectivity index (χ3n) is 3.42. The third-order valence-corrected chi connectivity index (χ3v) is 4.09. The van der Waals surface area contributed by atoms with Crippen LogP contribution in [0.2, 0.25) is 0 Å². The summed E-state index contributed by atoms with van der Waals surface area (Å²) in [5, 5.41) is 4.56. The molecule has 1 unspecified atom stereocenters. The molecule has 2 aromatic carbocycles. The summed E-state index contributed by atoms with van der Waals surface area (Å²) in [6, 6.07) is 19.1. The van der Waals surface area contributed by atoms with Crippen LogP contribution in [0.4, 0.5) is 0 Å². The molecule has 0 fully saturated rings. The summed E-state index contributed by atoms with van der Waals surface area (Å²) in [4.78, 5) is 4.56. The number of para-hydroxylation sites is 1. The molecular weight excluding hydrogens is 359 g/mol. The van der Waals surface area contributed by atoms with Gasteiger partial charge in [-0.2, -0.15) is 0 Å². The highest BCUT2D eigenvalue weighted by atomic mass is 127. The first-order valence-corrected chi connectivity index (χ1v) is 7.63. The van der Waals surface area contributed by atoms with Crippen LogP contribution in [-0.2, 0) is 0 Å². The fourth-order valence-electron chi connectivity index (χ4n) is 2.46. The molecule has 2 nitrogen and oxygen atoms in total. The number of fused-ring (bicyclic) bond motifs is 1. The van der Waals surface area contributed by atoms with E-state index >= 15 is 0 Å². The molecule has 20 heavy (non-hydrogen) atoms. The number of hydrogen-bond acceptors (Lipinski definition) is 2. The summed E-state index contributed by atoms with van der Waals surface area (Å²) in [6.07, 6.45) is 1.96. The smallest absolute Gasteiger partial charge is 0.0702 e. The van der Waals surface area contributed by atoms with Crippen LogP contribution in [0.5, 0.6) is 0 Å². The Morgan fingerprint density at radius 3 is 2.65 bits per heavy atom. The highest BCUT2D eigenvalue weighted by Gasteiger charge is 2.13. The van der Waals surface area contributed by atoms with Gasteiger partial charge >= 0.3 is 0 Å². The lowest BCUT2D eigenvalue weighted by atomic mass is 9.99. The predicted molar refractivity (Wildman–Crippen MR) is 91.8 cm³/mol. The maximum absolute atomic E-state index is 4.56. The van der Waals surface area contributed by atoms with Gasteiger partial charge in [0.15, 0.2) is 0 Å². The quantitative estimate of drug-likeness (QED) is 0.697. The first kappa shape index (κ1) is 13.5. The summed E-state index contributed by atoms with van der Waals surface area (Å²) in [5.74, 6) is 0. The van der Waals surface area contributed by atoms with Gasteiger partial charge in [0, 0.05) is 15.2 Å². The molecule has 0 amide bonds. The Labute approximate surface area is 132 Å². The van der Waals surface area contributed by atoms with Crippen LogP contribution in [0.1, 0.15) is 17.2 Å². The van der Waals surface area contributed by atoms with Gasteiger partial charge in [0.1, 0.15) is 0 Å². The van der Waals surface area contributed by atoms with E-state index in [4.69, 9.17) is 0 Å². The van der Waals surface area contributed by atoms with E-state index in [9.17, 15) is 0 Å². The molecule has 3 aromatic rings. The minimum atomic E-state index is 0.168. The van der Waals surface area contributed by atoms with Crippen molar-refractivity contribution < 1.29 is 0 Å². The van der Waals surface area contributed by atoms with Gasteiger partial charge < -0.3 is 5.32 Å². The molecule has 1 atom stereocenters. The van der Waals surface area contributed by atoms with Gasteiger partial charge in [-0.1, -0.05) is 30.3 Å². The molecule has 0 bridgehead atoms. The van der Waals surface area contributed by atoms with Gasteiger partial charge in [-0.3, -0.25) is 4.98 Å². The second-order valence-electron chi connectivity index (χ2n) is 4.74. The van der Waals surface area contributed by atoms with E-state index in [-0.39, 0.29) is 6.04 Å². The van der Waals surface area contributed by atoms with E-state index in [1.165, 1.54) is 20.1 Å². The van der Waals surface area contributed by atoms with Crippen molar-refractivity contribution in [2.75, 3.05) is 7.05 Å². The highest BCUT2D eigenvalue weighted by Crippen LogP contribution is 2.25. The van der Waals surface area contributed by atoms with Gasteiger partial charge in [0.05, 0.1) is 11.6 Å². The van der Waals surface area contributed by atoms with Crippen LogP contribution in [0, 0.1) is 3.57 Å². The largest absolute Gasteiger partial charge is 0.309 e. The molecule has 3 rings (SSSR count). The van der Waals surface area contributed by atoms with Crippen LogP contribution in [-0.4, -0.2) is 12.0 Å². The third kappa shape index (κ3) is 2.69. The molecule has 0 aliphatic carbocycles. The number of pyridine rings is 1. The lowest BCUT2D eigenvalue weighted by Gasteiger charge is -2.17. The predicted octanol–water partition coefficient (Wildman–Crippen LogP) is 4.15. The molecule has 100 valence electrons. The van der Waals surface area contributed by atoms with Gasteiger partial charge in [-0.15, -0.1) is 0 Å². The molecular formula is C17H15IN2. The van der Waals surface area contributed by atoms with Crippen molar-refractivity contribution in [2.45, 2.75) is 6.04 Å². The fourth-order valence-corrected chi connectivity index (χ4v) is 3.03. The van der Waals surface area contributed by atoms with E-state index in [1.54, 1.807) is 0 Å². The summed E-state index contributed by atoms with van der Waals surface area (Å²) in [6.45, 7) is 0. The van der Waals surface area contributed by atoms with Crippen molar-refractivity contribution in [3.05, 3.63) is 75.5 Å². The molecule has 0 saturated carbocycles. The van der Waals surface area contributed by atoms with Crippen molar-refractivity contribution >= 4 is 33.5 Å². The number of nitrogens with one attached hydrogen (secondary N) is 1. The fraction of sp³-hybridized carbons (Fsp3) is 0.118. The Kier molecular flexibility index (Phi) is 3.98. The standard InChI is InChI=1S/C17H15IN2/c1-19-17(13-6-4-7-15(18)10-13)14-9-12-5-2-3-8-16(12)20-11-14/h2-11,17,19H,1H3.